The molecular formula is C24H31NO4. The Morgan fingerprint density at radius 3 is 2.48 bits per heavy atom. The molecule has 156 valence electrons. The molecule has 0 fully saturated rings. The standard InChI is InChI=1S/C24H31NO4/c1-5-29-23(27)15-21(25-24(28)22(26)13-16(2)3)19-11-8-10-18(14-19)20-12-7-6-9-17(20)4/h6-12,14,16,21-22,26H,5,13,15H2,1-4H3,(H,25,28)/t21?,22-/m1/s1. The molecule has 1 amide bonds. The third kappa shape index (κ3) is 6.71. The number of nitrogens with one attached hydrogen (secondary N) is 1. The van der Waals surface area contributed by atoms with Gasteiger partial charge in [0.1, 0.15) is 6.10 Å². The van der Waals surface area contributed by atoms with Crippen molar-refractivity contribution in [2.75, 3.05) is 6.61 Å². The Morgan fingerprint density at radius 1 is 1.10 bits per heavy atom. The minimum Gasteiger partial charge on any atom is -0.466 e. The molecule has 0 radical (unpaired) electrons. The second-order valence-corrected chi connectivity index (χ2v) is 7.66. The summed E-state index contributed by atoms with van der Waals surface area (Å²) < 4.78 is 5.08. The van der Waals surface area contributed by atoms with Crippen LogP contribution in [0.4, 0.5) is 0 Å². The molecule has 1 unspecified atom stereocenters. The molecule has 0 heterocycles. The summed E-state index contributed by atoms with van der Waals surface area (Å²) in [6, 6.07) is 15.2. The van der Waals surface area contributed by atoms with Crippen molar-refractivity contribution in [2.45, 2.75) is 52.7 Å². The number of carbonyl (C=O) groups excluding carboxylic acids is 2. The minimum atomic E-state index is -1.11. The van der Waals surface area contributed by atoms with Crippen LogP contribution in [0.1, 0.15) is 50.8 Å². The lowest BCUT2D eigenvalue weighted by atomic mass is 9.95. The fourth-order valence-electron chi connectivity index (χ4n) is 3.28. The van der Waals surface area contributed by atoms with Crippen LogP contribution >= 0.6 is 0 Å². The summed E-state index contributed by atoms with van der Waals surface area (Å²) >= 11 is 0. The van der Waals surface area contributed by atoms with E-state index in [1.54, 1.807) is 6.92 Å². The van der Waals surface area contributed by atoms with Crippen LogP contribution in [0.25, 0.3) is 11.1 Å². The first-order valence-corrected chi connectivity index (χ1v) is 10.1. The molecule has 0 bridgehead atoms. The number of esters is 1. The molecule has 2 N–H and O–H groups in total. The van der Waals surface area contributed by atoms with E-state index in [4.69, 9.17) is 4.74 Å². The van der Waals surface area contributed by atoms with Crippen molar-refractivity contribution < 1.29 is 19.4 Å². The van der Waals surface area contributed by atoms with Gasteiger partial charge in [-0.05, 0) is 54.5 Å². The number of carbonyl (C=O) groups is 2. The molecule has 5 nitrogen and oxygen atoms in total. The fraction of sp³-hybridized carbons (Fsp3) is 0.417. The Balaban J connectivity index is 2.30. The van der Waals surface area contributed by atoms with Gasteiger partial charge in [0.2, 0.25) is 5.91 Å². The molecule has 0 aliphatic heterocycles. The normalized spacial score (nSPS) is 13.0. The number of ether oxygens (including phenoxy) is 1. The van der Waals surface area contributed by atoms with Crippen molar-refractivity contribution in [3.8, 4) is 11.1 Å². The first-order chi connectivity index (χ1) is 13.8. The Bertz CT molecular complexity index is 831. The molecule has 0 aliphatic rings. The first kappa shape index (κ1) is 22.6. The van der Waals surface area contributed by atoms with E-state index in [0.29, 0.717) is 6.42 Å². The molecule has 2 atom stereocenters. The van der Waals surface area contributed by atoms with E-state index in [0.717, 1.165) is 22.3 Å². The molecule has 29 heavy (non-hydrogen) atoms. The van der Waals surface area contributed by atoms with Crippen LogP contribution in [-0.4, -0.2) is 29.7 Å². The van der Waals surface area contributed by atoms with Gasteiger partial charge in [0.25, 0.3) is 0 Å². The van der Waals surface area contributed by atoms with Crippen molar-refractivity contribution in [3.63, 3.8) is 0 Å². The molecule has 0 saturated carbocycles. The second kappa shape index (κ2) is 10.8. The second-order valence-electron chi connectivity index (χ2n) is 7.66. The number of hydrogen-bond donors (Lipinski definition) is 2. The Labute approximate surface area is 173 Å². The van der Waals surface area contributed by atoms with Gasteiger partial charge >= 0.3 is 5.97 Å². The van der Waals surface area contributed by atoms with Gasteiger partial charge in [-0.15, -0.1) is 0 Å². The van der Waals surface area contributed by atoms with E-state index < -0.39 is 24.0 Å². The molecule has 2 aromatic rings. The van der Waals surface area contributed by atoms with Crippen LogP contribution in [0, 0.1) is 12.8 Å². The van der Waals surface area contributed by atoms with E-state index in [1.807, 2.05) is 69.3 Å². The smallest absolute Gasteiger partial charge is 0.308 e. The van der Waals surface area contributed by atoms with E-state index in [1.165, 1.54) is 0 Å². The largest absolute Gasteiger partial charge is 0.466 e. The van der Waals surface area contributed by atoms with Gasteiger partial charge in [0, 0.05) is 0 Å². The van der Waals surface area contributed by atoms with Crippen LogP contribution in [0.3, 0.4) is 0 Å². The van der Waals surface area contributed by atoms with Gasteiger partial charge in [-0.2, -0.15) is 0 Å². The number of rotatable bonds is 9. The van der Waals surface area contributed by atoms with Gasteiger partial charge in [0.05, 0.1) is 19.1 Å². The maximum absolute atomic E-state index is 12.5. The monoisotopic (exact) mass is 397 g/mol. The van der Waals surface area contributed by atoms with Crippen molar-refractivity contribution >= 4 is 11.9 Å². The predicted molar refractivity (Wildman–Crippen MR) is 114 cm³/mol. The molecule has 0 aliphatic carbocycles. The van der Waals surface area contributed by atoms with Gasteiger partial charge < -0.3 is 15.2 Å². The number of aliphatic hydroxyl groups excluding tert-OH is 1. The minimum absolute atomic E-state index is 0.00516. The highest BCUT2D eigenvalue weighted by molar-refractivity contribution is 5.82. The van der Waals surface area contributed by atoms with Crippen LogP contribution in [0.15, 0.2) is 48.5 Å². The van der Waals surface area contributed by atoms with Crippen LogP contribution < -0.4 is 5.32 Å². The summed E-state index contributed by atoms with van der Waals surface area (Å²) in [5.74, 6) is -0.685. The molecular weight excluding hydrogens is 366 g/mol. The topological polar surface area (TPSA) is 75.6 Å². The Morgan fingerprint density at radius 2 is 1.83 bits per heavy atom. The molecule has 0 saturated heterocycles. The summed E-state index contributed by atoms with van der Waals surface area (Å²) in [6.07, 6.45) is -0.744. The Kier molecular flexibility index (Phi) is 8.40. The van der Waals surface area contributed by atoms with Gasteiger partial charge in [-0.1, -0.05) is 56.3 Å². The predicted octanol–water partition coefficient (Wildman–Crippen LogP) is 4.18. The quantitative estimate of drug-likeness (QED) is 0.623. The van der Waals surface area contributed by atoms with Crippen LogP contribution in [0.5, 0.6) is 0 Å². The Hall–Kier alpha value is -2.66. The lowest BCUT2D eigenvalue weighted by molar-refractivity contribution is -0.144. The highest BCUT2D eigenvalue weighted by Gasteiger charge is 2.24. The van der Waals surface area contributed by atoms with Gasteiger partial charge in [-0.3, -0.25) is 9.59 Å². The number of hydrogen-bond acceptors (Lipinski definition) is 4. The number of aliphatic hydroxyl groups is 1. The van der Waals surface area contributed by atoms with E-state index >= 15 is 0 Å². The SMILES string of the molecule is CCOC(=O)CC(NC(=O)[C@H](O)CC(C)C)c1cccc(-c2ccccc2C)c1. The molecule has 5 heteroatoms. The molecule has 2 aromatic carbocycles. The molecule has 2 rings (SSSR count). The zero-order chi connectivity index (χ0) is 21.4. The first-order valence-electron chi connectivity index (χ1n) is 10.1. The summed E-state index contributed by atoms with van der Waals surface area (Å²) in [5.41, 5.74) is 4.04. The van der Waals surface area contributed by atoms with Gasteiger partial charge in [0.15, 0.2) is 0 Å². The van der Waals surface area contributed by atoms with E-state index in [2.05, 4.69) is 5.32 Å². The lowest BCUT2D eigenvalue weighted by Crippen LogP contribution is -2.38. The van der Waals surface area contributed by atoms with Crippen molar-refractivity contribution in [1.29, 1.82) is 0 Å². The zero-order valence-corrected chi connectivity index (χ0v) is 17.6. The van der Waals surface area contributed by atoms with Gasteiger partial charge in [-0.25, -0.2) is 0 Å². The zero-order valence-electron chi connectivity index (χ0n) is 17.6. The fourth-order valence-corrected chi connectivity index (χ4v) is 3.28. The molecule has 0 aromatic heterocycles. The maximum Gasteiger partial charge on any atom is 0.308 e. The van der Waals surface area contributed by atoms with Crippen molar-refractivity contribution in [1.82, 2.24) is 5.32 Å². The summed E-state index contributed by atoms with van der Waals surface area (Å²) in [4.78, 5) is 24.6. The number of amides is 1. The lowest BCUT2D eigenvalue weighted by Gasteiger charge is -2.22. The average molecular weight is 398 g/mol. The van der Waals surface area contributed by atoms with E-state index in [-0.39, 0.29) is 18.9 Å². The maximum atomic E-state index is 12.5. The van der Waals surface area contributed by atoms with E-state index in [9.17, 15) is 14.7 Å². The van der Waals surface area contributed by atoms with Crippen molar-refractivity contribution in [3.05, 3.63) is 59.7 Å². The van der Waals surface area contributed by atoms with Crippen molar-refractivity contribution in [2.24, 2.45) is 5.92 Å². The third-order valence-electron chi connectivity index (χ3n) is 4.73. The summed E-state index contributed by atoms with van der Waals surface area (Å²) in [7, 11) is 0. The van der Waals surface area contributed by atoms with Crippen LogP contribution in [-0.2, 0) is 14.3 Å². The summed E-state index contributed by atoms with van der Waals surface area (Å²) in [5, 5.41) is 13.0. The van der Waals surface area contributed by atoms with Crippen LogP contribution in [0.2, 0.25) is 0 Å². The number of aryl methyl sites for hydroxylation is 1. The highest BCUT2D eigenvalue weighted by atomic mass is 16.5. The highest BCUT2D eigenvalue weighted by Crippen LogP contribution is 2.27. The molecule has 0 spiro atoms. The number of benzene rings is 2. The summed E-state index contributed by atoms with van der Waals surface area (Å²) in [6.45, 7) is 7.95. The average Bonchev–Trinajstić information content (AvgIpc) is 2.67. The third-order valence-corrected chi connectivity index (χ3v) is 4.73.